The minimum absolute atomic E-state index is 0.0628. The molecule has 0 N–H and O–H groups in total. The zero-order valence-electron chi connectivity index (χ0n) is 10.8. The number of ketones is 1. The van der Waals surface area contributed by atoms with Crippen LogP contribution < -0.4 is 0 Å². The fourth-order valence-electron chi connectivity index (χ4n) is 1.39. The fourth-order valence-corrected chi connectivity index (χ4v) is 1.39. The Morgan fingerprint density at radius 1 is 1.17 bits per heavy atom. The van der Waals surface area contributed by atoms with Gasteiger partial charge in [0.15, 0.2) is 5.78 Å². The van der Waals surface area contributed by atoms with Gasteiger partial charge in [-0.15, -0.1) is 0 Å². The molecule has 0 aliphatic heterocycles. The zero-order valence-corrected chi connectivity index (χ0v) is 10.8. The monoisotopic (exact) mass is 250 g/mol. The third-order valence-corrected chi connectivity index (χ3v) is 2.30. The normalized spacial score (nSPS) is 10.1. The molecule has 1 rings (SSSR count). The minimum Gasteiger partial charge on any atom is -0.466 e. The number of aryl methyl sites for hydroxylation is 1. The Morgan fingerprint density at radius 3 is 2.44 bits per heavy atom. The predicted octanol–water partition coefficient (Wildman–Crippen LogP) is 2.03. The van der Waals surface area contributed by atoms with Gasteiger partial charge in [0.1, 0.15) is 13.0 Å². The molecule has 4 nitrogen and oxygen atoms in total. The first-order valence-electron chi connectivity index (χ1n) is 5.92. The van der Waals surface area contributed by atoms with Crippen LogP contribution in [-0.2, 0) is 25.7 Å². The first kappa shape index (κ1) is 14.4. The molecule has 0 saturated carbocycles. The summed E-state index contributed by atoms with van der Waals surface area (Å²) < 4.78 is 9.92. The maximum Gasteiger partial charge on any atom is 0.313 e. The van der Waals surface area contributed by atoms with Crippen LogP contribution in [0.15, 0.2) is 24.3 Å². The van der Waals surface area contributed by atoms with Crippen molar-refractivity contribution in [1.82, 2.24) is 0 Å². The molecule has 0 saturated heterocycles. The van der Waals surface area contributed by atoms with Crippen molar-refractivity contribution in [2.45, 2.75) is 26.9 Å². The molecule has 1 aromatic rings. The van der Waals surface area contributed by atoms with Crippen LogP contribution >= 0.6 is 0 Å². The number of esters is 1. The van der Waals surface area contributed by atoms with Gasteiger partial charge in [-0.2, -0.15) is 0 Å². The second-order valence-corrected chi connectivity index (χ2v) is 4.00. The number of hydrogen-bond donors (Lipinski definition) is 0. The van der Waals surface area contributed by atoms with Gasteiger partial charge in [0.05, 0.1) is 13.2 Å². The summed E-state index contributed by atoms with van der Waals surface area (Å²) in [5.74, 6) is -0.762. The minimum atomic E-state index is -0.499. The van der Waals surface area contributed by atoms with Crippen molar-refractivity contribution in [3.05, 3.63) is 35.4 Å². The van der Waals surface area contributed by atoms with E-state index in [9.17, 15) is 9.59 Å². The summed E-state index contributed by atoms with van der Waals surface area (Å²) in [5.41, 5.74) is 2.18. The third-order valence-electron chi connectivity index (χ3n) is 2.30. The molecular formula is C14H18O4. The lowest BCUT2D eigenvalue weighted by Crippen LogP contribution is -2.15. The molecule has 0 heterocycles. The molecular weight excluding hydrogens is 232 g/mol. The van der Waals surface area contributed by atoms with Gasteiger partial charge in [-0.05, 0) is 19.4 Å². The van der Waals surface area contributed by atoms with Crippen molar-refractivity contribution in [1.29, 1.82) is 0 Å². The van der Waals surface area contributed by atoms with Gasteiger partial charge in [0.2, 0.25) is 0 Å². The smallest absolute Gasteiger partial charge is 0.313 e. The molecule has 0 aliphatic rings. The molecule has 0 spiro atoms. The summed E-state index contributed by atoms with van der Waals surface area (Å²) >= 11 is 0. The Morgan fingerprint density at radius 2 is 1.83 bits per heavy atom. The SMILES string of the molecule is CCOC(=O)CC(=O)COCc1ccc(C)cc1. The van der Waals surface area contributed by atoms with E-state index in [1.54, 1.807) is 6.92 Å². The number of Topliss-reactive ketones (excluding diaryl/α,β-unsaturated/α-hetero) is 1. The maximum atomic E-state index is 11.3. The molecule has 18 heavy (non-hydrogen) atoms. The molecule has 0 fully saturated rings. The van der Waals surface area contributed by atoms with Crippen molar-refractivity contribution in [2.24, 2.45) is 0 Å². The number of benzene rings is 1. The van der Waals surface area contributed by atoms with Crippen molar-refractivity contribution in [3.8, 4) is 0 Å². The van der Waals surface area contributed by atoms with Gasteiger partial charge >= 0.3 is 5.97 Å². The lowest BCUT2D eigenvalue weighted by molar-refractivity contribution is -0.146. The highest BCUT2D eigenvalue weighted by atomic mass is 16.5. The molecule has 98 valence electrons. The van der Waals surface area contributed by atoms with E-state index in [2.05, 4.69) is 4.74 Å². The van der Waals surface area contributed by atoms with E-state index in [4.69, 9.17) is 4.74 Å². The summed E-state index contributed by atoms with van der Waals surface area (Å²) in [5, 5.41) is 0. The molecule has 0 radical (unpaired) electrons. The van der Waals surface area contributed by atoms with Gasteiger partial charge in [0.25, 0.3) is 0 Å². The van der Waals surface area contributed by atoms with Crippen molar-refractivity contribution in [3.63, 3.8) is 0 Å². The molecule has 0 atom stereocenters. The first-order chi connectivity index (χ1) is 8.61. The molecule has 4 heteroatoms. The Kier molecular flexibility index (Phi) is 6.08. The number of carbonyl (C=O) groups excluding carboxylic acids is 2. The summed E-state index contributed by atoms with van der Waals surface area (Å²) in [6.45, 7) is 4.31. The summed E-state index contributed by atoms with van der Waals surface area (Å²) in [6.07, 6.45) is -0.220. The molecule has 1 aromatic carbocycles. The van der Waals surface area contributed by atoms with Gasteiger partial charge in [-0.3, -0.25) is 9.59 Å². The van der Waals surface area contributed by atoms with E-state index in [1.165, 1.54) is 5.56 Å². The summed E-state index contributed by atoms with van der Waals surface area (Å²) in [4.78, 5) is 22.4. The van der Waals surface area contributed by atoms with Crippen LogP contribution in [0.1, 0.15) is 24.5 Å². The van der Waals surface area contributed by atoms with Crippen LogP contribution in [-0.4, -0.2) is 25.0 Å². The Hall–Kier alpha value is -1.68. The van der Waals surface area contributed by atoms with Crippen LogP contribution in [0.5, 0.6) is 0 Å². The van der Waals surface area contributed by atoms with E-state index < -0.39 is 5.97 Å². The number of ether oxygens (including phenoxy) is 2. The molecule has 0 unspecified atom stereocenters. The average molecular weight is 250 g/mol. The van der Waals surface area contributed by atoms with Gasteiger partial charge in [0, 0.05) is 0 Å². The van der Waals surface area contributed by atoms with Crippen molar-refractivity contribution in [2.75, 3.05) is 13.2 Å². The van der Waals surface area contributed by atoms with Gasteiger partial charge in [-0.25, -0.2) is 0 Å². The molecule has 0 amide bonds. The van der Waals surface area contributed by atoms with Crippen molar-refractivity contribution < 1.29 is 19.1 Å². The van der Waals surface area contributed by atoms with E-state index in [1.807, 2.05) is 31.2 Å². The Balaban J connectivity index is 2.23. The molecule has 0 aliphatic carbocycles. The second-order valence-electron chi connectivity index (χ2n) is 4.00. The topological polar surface area (TPSA) is 52.6 Å². The van der Waals surface area contributed by atoms with Crippen LogP contribution in [0.3, 0.4) is 0 Å². The zero-order chi connectivity index (χ0) is 13.4. The predicted molar refractivity (Wildman–Crippen MR) is 67.1 cm³/mol. The van der Waals surface area contributed by atoms with Crippen LogP contribution in [0.2, 0.25) is 0 Å². The first-order valence-corrected chi connectivity index (χ1v) is 5.92. The van der Waals surface area contributed by atoms with E-state index in [0.29, 0.717) is 6.61 Å². The number of rotatable bonds is 7. The van der Waals surface area contributed by atoms with Crippen molar-refractivity contribution >= 4 is 11.8 Å². The van der Waals surface area contributed by atoms with Crippen LogP contribution in [0, 0.1) is 6.92 Å². The van der Waals surface area contributed by atoms with Gasteiger partial charge < -0.3 is 9.47 Å². The van der Waals surface area contributed by atoms with Gasteiger partial charge in [-0.1, -0.05) is 29.8 Å². The largest absolute Gasteiger partial charge is 0.466 e. The average Bonchev–Trinajstić information content (AvgIpc) is 2.32. The highest BCUT2D eigenvalue weighted by Gasteiger charge is 2.10. The highest BCUT2D eigenvalue weighted by molar-refractivity contribution is 5.96. The molecule has 0 aromatic heterocycles. The quantitative estimate of drug-likeness (QED) is 0.549. The maximum absolute atomic E-state index is 11.3. The standard InChI is InChI=1S/C14H18O4/c1-3-18-14(16)8-13(15)10-17-9-12-6-4-11(2)5-7-12/h4-7H,3,8-10H2,1-2H3. The molecule has 0 bridgehead atoms. The second kappa shape index (κ2) is 7.61. The van der Waals surface area contributed by atoms with Crippen LogP contribution in [0.4, 0.5) is 0 Å². The summed E-state index contributed by atoms with van der Waals surface area (Å²) in [6, 6.07) is 7.87. The van der Waals surface area contributed by atoms with E-state index >= 15 is 0 Å². The lowest BCUT2D eigenvalue weighted by Gasteiger charge is -2.04. The Bertz CT molecular complexity index is 395. The fraction of sp³-hybridized carbons (Fsp3) is 0.429. The lowest BCUT2D eigenvalue weighted by atomic mass is 10.2. The van der Waals surface area contributed by atoms with Crippen LogP contribution in [0.25, 0.3) is 0 Å². The number of hydrogen-bond acceptors (Lipinski definition) is 4. The van der Waals surface area contributed by atoms with E-state index in [-0.39, 0.29) is 25.4 Å². The summed E-state index contributed by atoms with van der Waals surface area (Å²) in [7, 11) is 0. The van der Waals surface area contributed by atoms with E-state index in [0.717, 1.165) is 5.56 Å². The Labute approximate surface area is 107 Å². The highest BCUT2D eigenvalue weighted by Crippen LogP contribution is 2.04. The third kappa shape index (κ3) is 5.59. The number of carbonyl (C=O) groups is 2.